The normalized spacial score (nSPS) is 23.0. The van der Waals surface area contributed by atoms with Crippen molar-refractivity contribution in [1.29, 1.82) is 0 Å². The van der Waals surface area contributed by atoms with Gasteiger partial charge in [0.25, 0.3) is 10.1 Å². The second-order valence-electron chi connectivity index (χ2n) is 5.65. The van der Waals surface area contributed by atoms with Gasteiger partial charge in [-0.25, -0.2) is 0 Å². The van der Waals surface area contributed by atoms with Gasteiger partial charge >= 0.3 is 0 Å². The summed E-state index contributed by atoms with van der Waals surface area (Å²) < 4.78 is 30.7. The number of rotatable bonds is 5. The molecule has 0 bridgehead atoms. The minimum Gasteiger partial charge on any atom is -0.375 e. The highest BCUT2D eigenvalue weighted by atomic mass is 32.2. The van der Waals surface area contributed by atoms with Crippen molar-refractivity contribution in [2.45, 2.75) is 25.2 Å². The lowest BCUT2D eigenvalue weighted by atomic mass is 9.74. The molecule has 2 N–H and O–H groups in total. The lowest BCUT2D eigenvalue weighted by molar-refractivity contribution is 0.0865. The van der Waals surface area contributed by atoms with Gasteiger partial charge in [0.15, 0.2) is 11.2 Å². The van der Waals surface area contributed by atoms with E-state index in [0.29, 0.717) is 17.6 Å². The Bertz CT molecular complexity index is 718. The molecule has 0 aliphatic heterocycles. The van der Waals surface area contributed by atoms with E-state index >= 15 is 0 Å². The van der Waals surface area contributed by atoms with Crippen molar-refractivity contribution in [3.05, 3.63) is 59.7 Å². The molecule has 1 aliphatic rings. The Balaban J connectivity index is 2.17. The number of hydrogen-bond acceptors (Lipinski definition) is 4. The van der Waals surface area contributed by atoms with Gasteiger partial charge in [-0.2, -0.15) is 8.42 Å². The van der Waals surface area contributed by atoms with E-state index in [2.05, 4.69) is 0 Å². The summed E-state index contributed by atoms with van der Waals surface area (Å²) in [6, 6.07) is 8.84. The van der Waals surface area contributed by atoms with Crippen molar-refractivity contribution < 1.29 is 22.9 Å². The van der Waals surface area contributed by atoms with Crippen molar-refractivity contribution >= 4 is 15.9 Å². The van der Waals surface area contributed by atoms with Crippen LogP contribution in [0, 0.1) is 5.41 Å². The Kier molecular flexibility index (Phi) is 4.65. The van der Waals surface area contributed by atoms with Crippen LogP contribution in [0.1, 0.15) is 30.1 Å². The minimum absolute atomic E-state index is 0.0729. The summed E-state index contributed by atoms with van der Waals surface area (Å²) in [5, 5.41) is 9.48. The molecule has 118 valence electrons. The SMILES string of the molecule is CC1(C(=O)c2ccccc2)C=CC=C(CC(O)S(=O)(=O)O)C1. The molecular formula is C16H18O5S. The third-order valence-corrected chi connectivity index (χ3v) is 4.58. The lowest BCUT2D eigenvalue weighted by Crippen LogP contribution is -2.29. The van der Waals surface area contributed by atoms with E-state index in [0.717, 1.165) is 0 Å². The van der Waals surface area contributed by atoms with Crippen LogP contribution < -0.4 is 0 Å². The van der Waals surface area contributed by atoms with Gasteiger partial charge in [-0.1, -0.05) is 54.1 Å². The fourth-order valence-corrected chi connectivity index (χ4v) is 2.96. The van der Waals surface area contributed by atoms with Gasteiger partial charge in [-0.15, -0.1) is 0 Å². The zero-order chi connectivity index (χ0) is 16.4. The monoisotopic (exact) mass is 322 g/mol. The zero-order valence-electron chi connectivity index (χ0n) is 12.1. The quantitative estimate of drug-likeness (QED) is 0.641. The summed E-state index contributed by atoms with van der Waals surface area (Å²) >= 11 is 0. The molecule has 0 fully saturated rings. The fourth-order valence-electron chi connectivity index (χ4n) is 2.53. The molecule has 0 aromatic heterocycles. The van der Waals surface area contributed by atoms with Crippen molar-refractivity contribution in [2.24, 2.45) is 5.41 Å². The van der Waals surface area contributed by atoms with E-state index in [1.54, 1.807) is 49.4 Å². The first-order valence-corrected chi connectivity index (χ1v) is 8.34. The summed E-state index contributed by atoms with van der Waals surface area (Å²) in [5.41, 5.74) is -1.50. The van der Waals surface area contributed by atoms with Gasteiger partial charge in [-0.05, 0) is 13.3 Å². The first-order valence-electron chi connectivity index (χ1n) is 6.84. The first kappa shape index (κ1) is 16.6. The maximum atomic E-state index is 12.6. The summed E-state index contributed by atoms with van der Waals surface area (Å²) in [7, 11) is -4.51. The molecule has 1 aromatic carbocycles. The van der Waals surface area contributed by atoms with Crippen LogP contribution in [-0.2, 0) is 10.1 Å². The van der Waals surface area contributed by atoms with Crippen molar-refractivity contribution in [2.75, 3.05) is 0 Å². The smallest absolute Gasteiger partial charge is 0.292 e. The molecule has 2 unspecified atom stereocenters. The number of hydrogen-bond donors (Lipinski definition) is 2. The average molecular weight is 322 g/mol. The predicted octanol–water partition coefficient (Wildman–Crippen LogP) is 2.36. The summed E-state index contributed by atoms with van der Waals surface area (Å²) in [6.45, 7) is 1.77. The van der Waals surface area contributed by atoms with Gasteiger partial charge in [0.05, 0.1) is 5.41 Å². The number of carbonyl (C=O) groups is 1. The highest BCUT2D eigenvalue weighted by molar-refractivity contribution is 7.86. The number of benzene rings is 1. The number of aliphatic hydroxyl groups excluding tert-OH is 1. The Morgan fingerprint density at radius 3 is 2.55 bits per heavy atom. The number of aliphatic hydroxyl groups is 1. The Labute approximate surface area is 129 Å². The van der Waals surface area contributed by atoms with E-state index in [9.17, 15) is 18.3 Å². The van der Waals surface area contributed by atoms with Crippen LogP contribution in [0.4, 0.5) is 0 Å². The molecule has 0 saturated heterocycles. The van der Waals surface area contributed by atoms with Crippen LogP contribution in [0.15, 0.2) is 54.1 Å². The third kappa shape index (κ3) is 3.71. The van der Waals surface area contributed by atoms with Crippen LogP contribution in [0.5, 0.6) is 0 Å². The molecule has 6 heteroatoms. The second kappa shape index (κ2) is 6.16. The van der Waals surface area contributed by atoms with Gasteiger partial charge in [-0.3, -0.25) is 9.35 Å². The molecule has 0 saturated carbocycles. The van der Waals surface area contributed by atoms with Crippen LogP contribution in [-0.4, -0.2) is 29.3 Å². The third-order valence-electron chi connectivity index (χ3n) is 3.73. The average Bonchev–Trinajstić information content (AvgIpc) is 2.46. The Morgan fingerprint density at radius 2 is 1.95 bits per heavy atom. The maximum absolute atomic E-state index is 12.6. The van der Waals surface area contributed by atoms with Gasteiger partial charge in [0.2, 0.25) is 0 Å². The van der Waals surface area contributed by atoms with E-state index in [4.69, 9.17) is 4.55 Å². The molecule has 0 heterocycles. The van der Waals surface area contributed by atoms with Crippen LogP contribution in [0.3, 0.4) is 0 Å². The standard InChI is InChI=1S/C16H18O5S/c1-16(15(18)13-7-3-2-4-8-13)9-5-6-12(11-16)10-14(17)22(19,20)21/h2-9,14,17H,10-11H2,1H3,(H,19,20,21). The van der Waals surface area contributed by atoms with E-state index in [1.807, 2.05) is 6.07 Å². The largest absolute Gasteiger partial charge is 0.375 e. The molecule has 2 rings (SSSR count). The molecule has 2 atom stereocenters. The number of allylic oxidation sites excluding steroid dienone is 3. The minimum atomic E-state index is -4.51. The van der Waals surface area contributed by atoms with Crippen molar-refractivity contribution in [3.8, 4) is 0 Å². The zero-order valence-corrected chi connectivity index (χ0v) is 13.0. The summed E-state index contributed by atoms with van der Waals surface area (Å²) in [6.07, 6.45) is 5.18. The molecule has 0 amide bonds. The molecule has 1 aromatic rings. The van der Waals surface area contributed by atoms with Gasteiger partial charge in [0.1, 0.15) is 0 Å². The Morgan fingerprint density at radius 1 is 1.32 bits per heavy atom. The molecule has 0 spiro atoms. The maximum Gasteiger partial charge on any atom is 0.292 e. The van der Waals surface area contributed by atoms with Crippen LogP contribution >= 0.6 is 0 Å². The number of ketones is 1. The molecule has 5 nitrogen and oxygen atoms in total. The summed E-state index contributed by atoms with van der Waals surface area (Å²) in [5.74, 6) is -0.0729. The van der Waals surface area contributed by atoms with E-state index < -0.39 is 21.0 Å². The molecule has 22 heavy (non-hydrogen) atoms. The molecule has 1 aliphatic carbocycles. The predicted molar refractivity (Wildman–Crippen MR) is 82.9 cm³/mol. The highest BCUT2D eigenvalue weighted by Gasteiger charge is 2.34. The van der Waals surface area contributed by atoms with Gasteiger partial charge in [0, 0.05) is 12.0 Å². The topological polar surface area (TPSA) is 91.7 Å². The fraction of sp³-hybridized carbons (Fsp3) is 0.312. The first-order chi connectivity index (χ1) is 10.2. The number of Topliss-reactive ketones (excluding diaryl/α,β-unsaturated/α-hetero) is 1. The van der Waals surface area contributed by atoms with Crippen LogP contribution in [0.2, 0.25) is 0 Å². The van der Waals surface area contributed by atoms with E-state index in [-0.39, 0.29) is 12.2 Å². The Hall–Kier alpha value is -1.76. The van der Waals surface area contributed by atoms with Crippen LogP contribution in [0.25, 0.3) is 0 Å². The van der Waals surface area contributed by atoms with Crippen molar-refractivity contribution in [1.82, 2.24) is 0 Å². The molecule has 0 radical (unpaired) electrons. The lowest BCUT2D eigenvalue weighted by Gasteiger charge is -2.29. The van der Waals surface area contributed by atoms with E-state index in [1.165, 1.54) is 0 Å². The number of carbonyl (C=O) groups excluding carboxylic acids is 1. The molecular weight excluding hydrogens is 304 g/mol. The van der Waals surface area contributed by atoms with Crippen molar-refractivity contribution in [3.63, 3.8) is 0 Å². The summed E-state index contributed by atoms with van der Waals surface area (Å²) in [4.78, 5) is 12.6. The van der Waals surface area contributed by atoms with Gasteiger partial charge < -0.3 is 5.11 Å². The highest BCUT2D eigenvalue weighted by Crippen LogP contribution is 2.36. The second-order valence-corrected chi connectivity index (χ2v) is 7.22.